The Hall–Kier alpha value is -0.520. The summed E-state index contributed by atoms with van der Waals surface area (Å²) >= 11 is 0. The van der Waals surface area contributed by atoms with E-state index in [1.54, 1.807) is 0 Å². The van der Waals surface area contributed by atoms with Crippen LogP contribution in [0.2, 0.25) is 0 Å². The van der Waals surface area contributed by atoms with Crippen molar-refractivity contribution >= 4 is 13.6 Å². The molecular formula is C5H9O6P. The summed E-state index contributed by atoms with van der Waals surface area (Å²) in [6.45, 7) is 3.10. The van der Waals surface area contributed by atoms with Crippen molar-refractivity contribution in [3.05, 3.63) is 12.7 Å². The number of phosphoric ester groups is 1. The third kappa shape index (κ3) is 6.21. The molecule has 0 aliphatic carbocycles. The number of aliphatic hydroxyl groups is 1. The molecule has 0 amide bonds. The molecule has 0 heterocycles. The quantitative estimate of drug-likeness (QED) is 0.313. The number of carbonyl (C=O) groups excluding carboxylic acids is 1. The van der Waals surface area contributed by atoms with E-state index in [0.717, 1.165) is 6.08 Å². The maximum absolute atomic E-state index is 10.5. The van der Waals surface area contributed by atoms with Gasteiger partial charge in [-0.05, 0) is 6.08 Å². The van der Waals surface area contributed by atoms with Gasteiger partial charge in [-0.1, -0.05) is 6.58 Å². The van der Waals surface area contributed by atoms with Crippen molar-refractivity contribution in [1.29, 1.82) is 0 Å². The number of allylic oxidation sites excluding steroid dienone is 1. The van der Waals surface area contributed by atoms with Gasteiger partial charge in [-0.15, -0.1) is 0 Å². The zero-order valence-electron chi connectivity index (χ0n) is 6.08. The van der Waals surface area contributed by atoms with E-state index in [9.17, 15) is 9.36 Å². The lowest BCUT2D eigenvalue weighted by atomic mass is 10.3. The van der Waals surface area contributed by atoms with Crippen molar-refractivity contribution in [3.8, 4) is 0 Å². The fourth-order valence-corrected chi connectivity index (χ4v) is 0.843. The van der Waals surface area contributed by atoms with Crippen molar-refractivity contribution in [2.24, 2.45) is 0 Å². The Bertz CT molecular complexity index is 218. The molecule has 0 radical (unpaired) electrons. The first-order chi connectivity index (χ1) is 5.35. The SMILES string of the molecule is C=CC(=O)CC(O)OP(=O)(O)O. The summed E-state index contributed by atoms with van der Waals surface area (Å²) in [5.41, 5.74) is 0. The van der Waals surface area contributed by atoms with Crippen molar-refractivity contribution in [2.45, 2.75) is 12.7 Å². The Morgan fingerprint density at radius 1 is 1.67 bits per heavy atom. The molecule has 0 saturated carbocycles. The molecule has 0 aromatic heterocycles. The van der Waals surface area contributed by atoms with E-state index in [1.807, 2.05) is 0 Å². The van der Waals surface area contributed by atoms with Gasteiger partial charge in [0.15, 0.2) is 12.1 Å². The molecule has 0 aromatic rings. The predicted molar refractivity (Wildman–Crippen MR) is 39.0 cm³/mol. The van der Waals surface area contributed by atoms with Gasteiger partial charge in [0.2, 0.25) is 0 Å². The minimum Gasteiger partial charge on any atom is -0.367 e. The van der Waals surface area contributed by atoms with Crippen LogP contribution in [0.1, 0.15) is 6.42 Å². The molecular weight excluding hydrogens is 187 g/mol. The molecule has 1 atom stereocenters. The molecule has 12 heavy (non-hydrogen) atoms. The van der Waals surface area contributed by atoms with Crippen LogP contribution >= 0.6 is 7.82 Å². The molecule has 0 fully saturated rings. The number of hydrogen-bond acceptors (Lipinski definition) is 4. The predicted octanol–water partition coefficient (Wildman–Crippen LogP) is -0.441. The Morgan fingerprint density at radius 2 is 2.17 bits per heavy atom. The third-order valence-electron chi connectivity index (χ3n) is 0.862. The standard InChI is InChI=1S/C5H9O6P/c1-2-4(6)3-5(7)11-12(8,9)10/h2,5,7H,1,3H2,(H2,8,9,10). The lowest BCUT2D eigenvalue weighted by Gasteiger charge is -2.09. The highest BCUT2D eigenvalue weighted by Gasteiger charge is 2.21. The summed E-state index contributed by atoms with van der Waals surface area (Å²) in [6, 6.07) is 0. The van der Waals surface area contributed by atoms with E-state index in [-0.39, 0.29) is 0 Å². The van der Waals surface area contributed by atoms with E-state index in [1.165, 1.54) is 0 Å². The van der Waals surface area contributed by atoms with Crippen LogP contribution in [0.3, 0.4) is 0 Å². The Balaban J connectivity index is 3.90. The molecule has 3 N–H and O–H groups in total. The molecule has 70 valence electrons. The molecule has 0 spiro atoms. The van der Waals surface area contributed by atoms with Crippen LogP contribution in [0.15, 0.2) is 12.7 Å². The zero-order chi connectivity index (χ0) is 9.78. The van der Waals surface area contributed by atoms with Crippen molar-refractivity contribution in [3.63, 3.8) is 0 Å². The second-order valence-corrected chi connectivity index (χ2v) is 3.12. The van der Waals surface area contributed by atoms with Gasteiger partial charge in [-0.3, -0.25) is 9.32 Å². The summed E-state index contributed by atoms with van der Waals surface area (Å²) in [5, 5.41) is 8.70. The van der Waals surface area contributed by atoms with E-state index in [0.29, 0.717) is 0 Å². The Labute approximate surface area is 68.7 Å². The van der Waals surface area contributed by atoms with Crippen molar-refractivity contribution in [1.82, 2.24) is 0 Å². The van der Waals surface area contributed by atoms with Crippen LogP contribution in [-0.2, 0) is 13.9 Å². The second kappa shape index (κ2) is 4.49. The summed E-state index contributed by atoms with van der Waals surface area (Å²) < 4.78 is 13.9. The zero-order valence-corrected chi connectivity index (χ0v) is 6.98. The fraction of sp³-hybridized carbons (Fsp3) is 0.400. The van der Waals surface area contributed by atoms with Crippen LogP contribution in [0, 0.1) is 0 Å². The van der Waals surface area contributed by atoms with Crippen LogP contribution in [0.25, 0.3) is 0 Å². The molecule has 7 heteroatoms. The summed E-state index contributed by atoms with van der Waals surface area (Å²) in [5.74, 6) is -0.559. The minimum atomic E-state index is -4.73. The van der Waals surface area contributed by atoms with E-state index >= 15 is 0 Å². The normalized spacial score (nSPS) is 13.9. The molecule has 0 aromatic carbocycles. The minimum absolute atomic E-state index is 0.519. The Morgan fingerprint density at radius 3 is 2.50 bits per heavy atom. The lowest BCUT2D eigenvalue weighted by molar-refractivity contribution is -0.121. The first-order valence-corrected chi connectivity index (χ1v) is 4.45. The molecule has 6 nitrogen and oxygen atoms in total. The number of phosphoric acid groups is 1. The average molecular weight is 196 g/mol. The maximum Gasteiger partial charge on any atom is 0.471 e. The highest BCUT2D eigenvalue weighted by Crippen LogP contribution is 2.37. The molecule has 0 saturated heterocycles. The van der Waals surface area contributed by atoms with Gasteiger partial charge in [0.05, 0.1) is 6.42 Å². The number of hydrogen-bond donors (Lipinski definition) is 3. The fourth-order valence-electron chi connectivity index (χ4n) is 0.451. The topological polar surface area (TPSA) is 104 Å². The second-order valence-electron chi connectivity index (χ2n) is 1.93. The van der Waals surface area contributed by atoms with Gasteiger partial charge < -0.3 is 14.9 Å². The number of carbonyl (C=O) groups is 1. The van der Waals surface area contributed by atoms with Gasteiger partial charge in [-0.2, -0.15) is 0 Å². The van der Waals surface area contributed by atoms with Crippen LogP contribution in [-0.4, -0.2) is 27.0 Å². The first kappa shape index (κ1) is 11.5. The van der Waals surface area contributed by atoms with Crippen LogP contribution < -0.4 is 0 Å². The molecule has 0 bridgehead atoms. The summed E-state index contributed by atoms with van der Waals surface area (Å²) in [4.78, 5) is 26.8. The van der Waals surface area contributed by atoms with Crippen molar-refractivity contribution < 1.29 is 28.8 Å². The smallest absolute Gasteiger partial charge is 0.367 e. The molecule has 0 rings (SSSR count). The van der Waals surface area contributed by atoms with Gasteiger partial charge in [0, 0.05) is 0 Å². The van der Waals surface area contributed by atoms with Crippen LogP contribution in [0.5, 0.6) is 0 Å². The van der Waals surface area contributed by atoms with E-state index < -0.39 is 26.3 Å². The summed E-state index contributed by atoms with van der Waals surface area (Å²) in [6.07, 6.45) is -1.39. The third-order valence-corrected chi connectivity index (χ3v) is 1.38. The molecule has 0 aliphatic heterocycles. The lowest BCUT2D eigenvalue weighted by Crippen LogP contribution is -2.14. The van der Waals surface area contributed by atoms with E-state index in [2.05, 4.69) is 11.1 Å². The van der Waals surface area contributed by atoms with Gasteiger partial charge >= 0.3 is 7.82 Å². The van der Waals surface area contributed by atoms with Crippen LogP contribution in [0.4, 0.5) is 0 Å². The monoisotopic (exact) mass is 196 g/mol. The first-order valence-electron chi connectivity index (χ1n) is 2.92. The van der Waals surface area contributed by atoms with Gasteiger partial charge in [0.25, 0.3) is 0 Å². The number of ketones is 1. The summed E-state index contributed by atoms with van der Waals surface area (Å²) in [7, 11) is -4.73. The van der Waals surface area contributed by atoms with Crippen molar-refractivity contribution in [2.75, 3.05) is 0 Å². The Kier molecular flexibility index (Phi) is 4.30. The van der Waals surface area contributed by atoms with Gasteiger partial charge in [-0.25, -0.2) is 4.57 Å². The average Bonchev–Trinajstić information content (AvgIpc) is 1.82. The molecule has 1 unspecified atom stereocenters. The highest BCUT2D eigenvalue weighted by molar-refractivity contribution is 7.46. The highest BCUT2D eigenvalue weighted by atomic mass is 31.2. The van der Waals surface area contributed by atoms with Gasteiger partial charge in [0.1, 0.15) is 0 Å². The van der Waals surface area contributed by atoms with E-state index in [4.69, 9.17) is 14.9 Å². The maximum atomic E-state index is 10.5. The number of aliphatic hydroxyl groups excluding tert-OH is 1. The molecule has 0 aliphatic rings. The number of rotatable bonds is 5. The largest absolute Gasteiger partial charge is 0.471 e.